The molecule has 1 aromatic heterocycles. The van der Waals surface area contributed by atoms with E-state index >= 15 is 0 Å². The minimum atomic E-state index is -1.27. The van der Waals surface area contributed by atoms with E-state index in [2.05, 4.69) is 10.3 Å². The van der Waals surface area contributed by atoms with Crippen LogP contribution in [0, 0.1) is 0 Å². The van der Waals surface area contributed by atoms with Gasteiger partial charge in [-0.2, -0.15) is 0 Å². The highest BCUT2D eigenvalue weighted by Gasteiger charge is 2.19. The Hall–Kier alpha value is -2.93. The van der Waals surface area contributed by atoms with Crippen molar-refractivity contribution in [1.82, 2.24) is 0 Å². The van der Waals surface area contributed by atoms with E-state index in [0.717, 1.165) is 5.69 Å². The molecule has 7 nitrogen and oxygen atoms in total. The summed E-state index contributed by atoms with van der Waals surface area (Å²) in [7, 11) is 1.55. The van der Waals surface area contributed by atoms with Gasteiger partial charge in [-0.05, 0) is 30.3 Å². The molecule has 2 rings (SSSR count). The van der Waals surface area contributed by atoms with Gasteiger partial charge < -0.3 is 25.3 Å². The van der Waals surface area contributed by atoms with Crippen LogP contribution in [0.3, 0.4) is 0 Å². The highest BCUT2D eigenvalue weighted by molar-refractivity contribution is 5.93. The van der Waals surface area contributed by atoms with E-state index in [9.17, 15) is 14.7 Å². The van der Waals surface area contributed by atoms with E-state index in [1.54, 1.807) is 42.9 Å². The summed E-state index contributed by atoms with van der Waals surface area (Å²) in [6.45, 7) is 0.412. The standard InChI is InChI=1S/C17H19N3O4/c1-24-14-7-5-12(6-8-14)20-16(21)10-15(17(22)23)19-11-13-4-2-3-9-18-13/h2-9,15,19H,10-11H2,1H3,(H,20,21)(H,22,23)/p+1. The lowest BCUT2D eigenvalue weighted by Gasteiger charge is -2.15. The number of benzene rings is 1. The normalized spacial score (nSPS) is 11.5. The van der Waals surface area contributed by atoms with Gasteiger partial charge in [0.05, 0.1) is 19.5 Å². The molecule has 7 heteroatoms. The third kappa shape index (κ3) is 5.36. The summed E-state index contributed by atoms with van der Waals surface area (Å²) in [5.74, 6) is -0.980. The first-order chi connectivity index (χ1) is 11.6. The Labute approximate surface area is 139 Å². The van der Waals surface area contributed by atoms with Crippen molar-refractivity contribution in [2.45, 2.75) is 19.0 Å². The van der Waals surface area contributed by atoms with Crippen LogP contribution in [-0.2, 0) is 16.1 Å². The second-order valence-electron chi connectivity index (χ2n) is 5.23. The number of hydrogen-bond acceptors (Lipinski definition) is 4. The number of methoxy groups -OCH3 is 1. The Morgan fingerprint density at radius 3 is 2.58 bits per heavy atom. The van der Waals surface area contributed by atoms with Crippen molar-refractivity contribution in [1.29, 1.82) is 0 Å². The molecule has 1 atom stereocenters. The second kappa shape index (κ2) is 8.64. The average Bonchev–Trinajstić information content (AvgIpc) is 2.60. The molecule has 0 aliphatic carbocycles. The predicted molar refractivity (Wildman–Crippen MR) is 83.7 cm³/mol. The van der Waals surface area contributed by atoms with Crippen LogP contribution in [0.25, 0.3) is 0 Å². The quantitative estimate of drug-likeness (QED) is 0.628. The van der Waals surface area contributed by atoms with Crippen molar-refractivity contribution in [2.24, 2.45) is 0 Å². The number of carbonyl (C=O) groups excluding carboxylic acids is 2. The summed E-state index contributed by atoms with van der Waals surface area (Å²) in [5.41, 5.74) is 1.44. The fourth-order valence-corrected chi connectivity index (χ4v) is 2.18. The SMILES string of the molecule is COc1ccc(NC(=O)CC([NH2+]Cc2cccc[nH+]2)C(=O)[O-])cc1. The third-order valence-corrected chi connectivity index (χ3v) is 3.48. The number of carbonyl (C=O) groups is 2. The zero-order chi connectivity index (χ0) is 17.4. The lowest BCUT2D eigenvalue weighted by atomic mass is 10.2. The van der Waals surface area contributed by atoms with E-state index in [0.29, 0.717) is 18.0 Å². The van der Waals surface area contributed by atoms with Crippen LogP contribution in [0.15, 0.2) is 48.7 Å². The van der Waals surface area contributed by atoms with Crippen molar-refractivity contribution in [3.63, 3.8) is 0 Å². The Balaban J connectivity index is 1.89. The molecule has 1 aromatic carbocycles. The number of aromatic nitrogens is 1. The molecule has 4 N–H and O–H groups in total. The molecule has 24 heavy (non-hydrogen) atoms. The predicted octanol–water partition coefficient (Wildman–Crippen LogP) is -1.28. The Morgan fingerprint density at radius 1 is 1.25 bits per heavy atom. The topological polar surface area (TPSA) is 109 Å². The Kier molecular flexibility index (Phi) is 6.27. The molecular weight excluding hydrogens is 310 g/mol. The number of nitrogens with two attached hydrogens (primary N) is 1. The molecule has 1 heterocycles. The van der Waals surface area contributed by atoms with Gasteiger partial charge in [-0.15, -0.1) is 0 Å². The monoisotopic (exact) mass is 330 g/mol. The molecule has 0 fully saturated rings. The molecular formula is C17H20N3O4+. The number of H-pyrrole nitrogens is 1. The molecule has 1 amide bonds. The Morgan fingerprint density at radius 2 is 2.00 bits per heavy atom. The number of pyridine rings is 1. The zero-order valence-corrected chi connectivity index (χ0v) is 13.3. The van der Waals surface area contributed by atoms with Crippen LogP contribution in [0.5, 0.6) is 5.75 Å². The van der Waals surface area contributed by atoms with Crippen LogP contribution in [-0.4, -0.2) is 25.0 Å². The molecule has 0 bridgehead atoms. The Bertz CT molecular complexity index is 674. The summed E-state index contributed by atoms with van der Waals surface area (Å²) in [5, 5.41) is 15.5. The second-order valence-corrected chi connectivity index (χ2v) is 5.23. The van der Waals surface area contributed by atoms with E-state index in [1.807, 2.05) is 18.2 Å². The first-order valence-electron chi connectivity index (χ1n) is 7.52. The lowest BCUT2D eigenvalue weighted by molar-refractivity contribution is -0.706. The maximum absolute atomic E-state index is 12.0. The molecule has 0 radical (unpaired) electrons. The first-order valence-corrected chi connectivity index (χ1v) is 7.52. The minimum absolute atomic E-state index is 0.179. The van der Waals surface area contributed by atoms with Crippen molar-refractivity contribution in [2.75, 3.05) is 12.4 Å². The summed E-state index contributed by atoms with van der Waals surface area (Å²) in [6.07, 6.45) is 1.58. The van der Waals surface area contributed by atoms with Crippen molar-refractivity contribution < 1.29 is 29.7 Å². The van der Waals surface area contributed by atoms with E-state index < -0.39 is 12.0 Å². The van der Waals surface area contributed by atoms with Gasteiger partial charge >= 0.3 is 0 Å². The van der Waals surface area contributed by atoms with Crippen molar-refractivity contribution in [3.05, 3.63) is 54.4 Å². The number of carboxylic acid groups (broad SMARTS) is 1. The molecule has 0 aliphatic rings. The number of rotatable bonds is 8. The van der Waals surface area contributed by atoms with Gasteiger partial charge in [-0.1, -0.05) is 0 Å². The molecule has 0 aliphatic heterocycles. The van der Waals surface area contributed by atoms with Crippen LogP contribution >= 0.6 is 0 Å². The van der Waals surface area contributed by atoms with E-state index in [1.165, 1.54) is 0 Å². The van der Waals surface area contributed by atoms with Crippen LogP contribution in [0.4, 0.5) is 5.69 Å². The van der Waals surface area contributed by atoms with E-state index in [-0.39, 0.29) is 12.3 Å². The van der Waals surface area contributed by atoms with Crippen molar-refractivity contribution >= 4 is 17.6 Å². The number of quaternary nitrogens is 1. The molecule has 0 saturated carbocycles. The summed E-state index contributed by atoms with van der Waals surface area (Å²) < 4.78 is 5.04. The van der Waals surface area contributed by atoms with Gasteiger partial charge in [0.2, 0.25) is 11.6 Å². The molecule has 0 saturated heterocycles. The lowest BCUT2D eigenvalue weighted by Crippen LogP contribution is -2.92. The van der Waals surface area contributed by atoms with Crippen LogP contribution in [0.2, 0.25) is 0 Å². The van der Waals surface area contributed by atoms with E-state index in [4.69, 9.17) is 4.74 Å². The largest absolute Gasteiger partial charge is 0.544 e. The smallest absolute Gasteiger partial charge is 0.234 e. The summed E-state index contributed by atoms with van der Waals surface area (Å²) in [6, 6.07) is 11.4. The van der Waals surface area contributed by atoms with Gasteiger partial charge in [-0.25, -0.2) is 4.98 Å². The average molecular weight is 330 g/mol. The maximum Gasteiger partial charge on any atom is 0.234 e. The van der Waals surface area contributed by atoms with Gasteiger partial charge in [0.1, 0.15) is 11.8 Å². The number of hydrogen-bond donors (Lipinski definition) is 2. The number of ether oxygens (including phenoxy) is 1. The summed E-state index contributed by atoms with van der Waals surface area (Å²) >= 11 is 0. The number of aromatic amines is 1. The fraction of sp³-hybridized carbons (Fsp3) is 0.235. The molecule has 126 valence electrons. The highest BCUT2D eigenvalue weighted by atomic mass is 16.5. The van der Waals surface area contributed by atoms with Gasteiger partial charge in [0.25, 0.3) is 0 Å². The molecule has 2 aromatic rings. The summed E-state index contributed by atoms with van der Waals surface area (Å²) in [4.78, 5) is 26.3. The van der Waals surface area contributed by atoms with Gasteiger partial charge in [0, 0.05) is 17.8 Å². The molecule has 0 spiro atoms. The number of amides is 1. The fourth-order valence-electron chi connectivity index (χ4n) is 2.18. The molecule has 1 unspecified atom stereocenters. The van der Waals surface area contributed by atoms with Gasteiger partial charge in [-0.3, -0.25) is 4.79 Å². The van der Waals surface area contributed by atoms with Gasteiger partial charge in [0.15, 0.2) is 12.7 Å². The zero-order valence-electron chi connectivity index (χ0n) is 13.3. The van der Waals surface area contributed by atoms with Crippen LogP contribution < -0.4 is 25.5 Å². The number of carboxylic acids is 1. The minimum Gasteiger partial charge on any atom is -0.544 e. The van der Waals surface area contributed by atoms with Crippen LogP contribution in [0.1, 0.15) is 12.1 Å². The number of aliphatic carboxylic acids is 1. The third-order valence-electron chi connectivity index (χ3n) is 3.48. The first kappa shape index (κ1) is 17.4. The van der Waals surface area contributed by atoms with Crippen molar-refractivity contribution in [3.8, 4) is 5.75 Å². The highest BCUT2D eigenvalue weighted by Crippen LogP contribution is 2.15. The number of nitrogens with one attached hydrogen (secondary N) is 2. The maximum atomic E-state index is 12.0. The number of anilines is 1.